The van der Waals surface area contributed by atoms with Crippen LogP contribution in [0.3, 0.4) is 0 Å². The maximum atomic E-state index is 13.6. The number of hydrogen-bond donors (Lipinski definition) is 4. The molecule has 5 rings (SSSR count). The lowest BCUT2D eigenvalue weighted by Crippen LogP contribution is -2.30. The molecule has 0 aliphatic carbocycles. The van der Waals surface area contributed by atoms with Gasteiger partial charge in [-0.3, -0.25) is 14.4 Å². The molecule has 0 bridgehead atoms. The Morgan fingerprint density at radius 1 is 0.844 bits per heavy atom. The third kappa shape index (κ3) is 8.21. The van der Waals surface area contributed by atoms with Gasteiger partial charge in [0, 0.05) is 53.3 Å². The van der Waals surface area contributed by atoms with E-state index in [1.165, 1.54) is 11.8 Å². The largest absolute Gasteiger partial charge is 0.378 e. The maximum Gasteiger partial charge on any atom is 0.272 e. The van der Waals surface area contributed by atoms with E-state index in [4.69, 9.17) is 0 Å². The summed E-state index contributed by atoms with van der Waals surface area (Å²) in [4.78, 5) is 45.7. The van der Waals surface area contributed by atoms with Crippen LogP contribution in [0.25, 0.3) is 17.0 Å². The van der Waals surface area contributed by atoms with Crippen LogP contribution in [0.1, 0.15) is 29.3 Å². The average Bonchev–Trinajstić information content (AvgIpc) is 3.52. The highest BCUT2D eigenvalue weighted by Crippen LogP contribution is 2.29. The molecule has 9 heteroatoms. The first kappa shape index (κ1) is 31.2. The van der Waals surface area contributed by atoms with Crippen molar-refractivity contribution in [3.63, 3.8) is 0 Å². The molecule has 228 valence electrons. The number of thioether (sulfide) groups is 1. The number of nitrogens with one attached hydrogen (secondary N) is 4. The quantitative estimate of drug-likeness (QED) is 0.0930. The Balaban J connectivity index is 1.31. The van der Waals surface area contributed by atoms with Gasteiger partial charge in [0.25, 0.3) is 11.8 Å². The normalized spacial score (nSPS) is 11.9. The third-order valence-corrected chi connectivity index (χ3v) is 8.46. The number of amides is 3. The number of H-pyrrole nitrogens is 1. The predicted octanol–water partition coefficient (Wildman–Crippen LogP) is 7.15. The summed E-state index contributed by atoms with van der Waals surface area (Å²) in [5, 5.41) is 9.45. The Bertz CT molecular complexity index is 1830. The van der Waals surface area contributed by atoms with Crippen molar-refractivity contribution in [2.45, 2.75) is 23.5 Å². The molecule has 1 aromatic heterocycles. The lowest BCUT2D eigenvalue weighted by atomic mass is 10.1. The number of hydrogen-bond acceptors (Lipinski definition) is 5. The average molecular weight is 618 g/mol. The van der Waals surface area contributed by atoms with Crippen LogP contribution in [0.5, 0.6) is 0 Å². The molecule has 0 aliphatic rings. The first-order chi connectivity index (χ1) is 21.8. The molecule has 5 aromatic rings. The molecule has 4 N–H and O–H groups in total. The Morgan fingerprint density at radius 3 is 2.33 bits per heavy atom. The van der Waals surface area contributed by atoms with E-state index in [0.29, 0.717) is 17.7 Å². The summed E-state index contributed by atoms with van der Waals surface area (Å²) >= 11 is 1.43. The monoisotopic (exact) mass is 617 g/mol. The highest BCUT2D eigenvalue weighted by atomic mass is 32.2. The molecule has 3 amide bonds. The van der Waals surface area contributed by atoms with Gasteiger partial charge in [0.2, 0.25) is 5.91 Å². The summed E-state index contributed by atoms with van der Waals surface area (Å²) in [5.41, 5.74) is 4.54. The van der Waals surface area contributed by atoms with E-state index in [9.17, 15) is 14.4 Å². The third-order valence-electron chi connectivity index (χ3n) is 7.11. The number of anilines is 3. The van der Waals surface area contributed by atoms with Crippen LogP contribution in [0.15, 0.2) is 120 Å². The lowest BCUT2D eigenvalue weighted by molar-refractivity contribution is -0.116. The minimum absolute atomic E-state index is 0.100. The van der Waals surface area contributed by atoms with Crippen molar-refractivity contribution in [2.75, 3.05) is 29.6 Å². The van der Waals surface area contributed by atoms with E-state index in [0.717, 1.165) is 32.7 Å². The molecular formula is C36H35N5O3S. The van der Waals surface area contributed by atoms with E-state index in [1.54, 1.807) is 36.4 Å². The summed E-state index contributed by atoms with van der Waals surface area (Å²) in [5.74, 6) is -0.960. The SMILES string of the molecule is CCC(Sc1cccc(NC(=O)/C(=C\c2ccc(N(C)C)cc2)NC(=O)c2ccccc2)c1)C(=O)Nc1ccc2cc[nH]c2c1. The van der Waals surface area contributed by atoms with E-state index in [2.05, 4.69) is 20.9 Å². The Labute approximate surface area is 266 Å². The standard InChI is InChI=1S/C36H35N5O3S/c1-4-33(36(44)39-28-16-15-25-19-20-37-31(25)23-28)45-30-12-8-11-27(22-30)38-35(43)32(40-34(42)26-9-6-5-7-10-26)21-24-13-17-29(18-14-24)41(2)3/h5-23,33,37H,4H2,1-3H3,(H,38,43)(H,39,44)(H,40,42)/b32-21+. The second-order valence-electron chi connectivity index (χ2n) is 10.6. The van der Waals surface area contributed by atoms with Crippen molar-refractivity contribution in [2.24, 2.45) is 0 Å². The van der Waals surface area contributed by atoms with Crippen LogP contribution in [-0.4, -0.2) is 42.1 Å². The van der Waals surface area contributed by atoms with Crippen molar-refractivity contribution in [1.29, 1.82) is 0 Å². The van der Waals surface area contributed by atoms with Crippen LogP contribution in [0.4, 0.5) is 17.1 Å². The van der Waals surface area contributed by atoms with Gasteiger partial charge in [-0.25, -0.2) is 0 Å². The fraction of sp³-hybridized carbons (Fsp3) is 0.139. The number of carbonyl (C=O) groups is 3. The highest BCUT2D eigenvalue weighted by molar-refractivity contribution is 8.00. The van der Waals surface area contributed by atoms with E-state index in [1.807, 2.05) is 105 Å². The molecule has 1 heterocycles. The van der Waals surface area contributed by atoms with E-state index in [-0.39, 0.29) is 16.9 Å². The van der Waals surface area contributed by atoms with Crippen LogP contribution in [0, 0.1) is 0 Å². The van der Waals surface area contributed by atoms with E-state index >= 15 is 0 Å². The molecule has 0 aliphatic heterocycles. The number of carbonyl (C=O) groups excluding carboxylic acids is 3. The zero-order valence-corrected chi connectivity index (χ0v) is 26.2. The maximum absolute atomic E-state index is 13.6. The molecule has 4 aromatic carbocycles. The van der Waals surface area contributed by atoms with Crippen molar-refractivity contribution >= 4 is 63.5 Å². The lowest BCUT2D eigenvalue weighted by Gasteiger charge is -2.16. The number of nitrogens with zero attached hydrogens (tertiary/aromatic N) is 1. The Kier molecular flexibility index (Phi) is 10.0. The van der Waals surface area contributed by atoms with E-state index < -0.39 is 11.8 Å². The number of aromatic nitrogens is 1. The second-order valence-corrected chi connectivity index (χ2v) is 11.9. The van der Waals surface area contributed by atoms with Crippen molar-refractivity contribution < 1.29 is 14.4 Å². The highest BCUT2D eigenvalue weighted by Gasteiger charge is 2.20. The summed E-state index contributed by atoms with van der Waals surface area (Å²) in [6, 6.07) is 31.5. The first-order valence-electron chi connectivity index (χ1n) is 14.6. The minimum atomic E-state index is -0.470. The fourth-order valence-electron chi connectivity index (χ4n) is 4.66. The van der Waals surface area contributed by atoms with Gasteiger partial charge in [0.1, 0.15) is 5.70 Å². The summed E-state index contributed by atoms with van der Waals surface area (Å²) in [6.07, 6.45) is 4.13. The smallest absolute Gasteiger partial charge is 0.272 e. The van der Waals surface area contributed by atoms with Crippen LogP contribution in [-0.2, 0) is 9.59 Å². The summed E-state index contributed by atoms with van der Waals surface area (Å²) < 4.78 is 0. The van der Waals surface area contributed by atoms with Crippen molar-refractivity contribution in [3.8, 4) is 0 Å². The molecule has 0 spiro atoms. The van der Waals surface area contributed by atoms with Gasteiger partial charge in [-0.05, 0) is 84.1 Å². The number of rotatable bonds is 11. The van der Waals surface area contributed by atoms with Gasteiger partial charge >= 0.3 is 0 Å². The first-order valence-corrected chi connectivity index (χ1v) is 15.5. The van der Waals surface area contributed by atoms with Gasteiger partial charge in [-0.1, -0.05) is 49.4 Å². The Morgan fingerprint density at radius 2 is 1.60 bits per heavy atom. The second kappa shape index (κ2) is 14.5. The number of fused-ring (bicyclic) bond motifs is 1. The molecule has 1 unspecified atom stereocenters. The van der Waals surface area contributed by atoms with Crippen molar-refractivity contribution in [1.82, 2.24) is 10.3 Å². The van der Waals surface area contributed by atoms with Gasteiger partial charge < -0.3 is 25.8 Å². The molecule has 8 nitrogen and oxygen atoms in total. The molecule has 0 radical (unpaired) electrons. The molecule has 0 saturated heterocycles. The van der Waals surface area contributed by atoms with Crippen LogP contribution < -0.4 is 20.9 Å². The minimum Gasteiger partial charge on any atom is -0.378 e. The molecule has 1 atom stereocenters. The summed E-state index contributed by atoms with van der Waals surface area (Å²) in [6.45, 7) is 1.97. The summed E-state index contributed by atoms with van der Waals surface area (Å²) in [7, 11) is 3.91. The molecular weight excluding hydrogens is 582 g/mol. The van der Waals surface area contributed by atoms with Gasteiger partial charge in [-0.2, -0.15) is 0 Å². The van der Waals surface area contributed by atoms with Crippen LogP contribution >= 0.6 is 11.8 Å². The van der Waals surface area contributed by atoms with Crippen LogP contribution in [0.2, 0.25) is 0 Å². The number of benzene rings is 4. The molecule has 0 saturated carbocycles. The molecule has 45 heavy (non-hydrogen) atoms. The molecule has 0 fully saturated rings. The van der Waals surface area contributed by atoms with Gasteiger partial charge in [0.05, 0.1) is 5.25 Å². The Hall–Kier alpha value is -5.28. The topological polar surface area (TPSA) is 106 Å². The zero-order chi connectivity index (χ0) is 31.8. The number of aromatic amines is 1. The van der Waals surface area contributed by atoms with Crippen molar-refractivity contribution in [3.05, 3.63) is 126 Å². The van der Waals surface area contributed by atoms with Gasteiger partial charge in [-0.15, -0.1) is 11.8 Å². The predicted molar refractivity (Wildman–Crippen MR) is 185 cm³/mol. The van der Waals surface area contributed by atoms with Gasteiger partial charge in [0.15, 0.2) is 0 Å². The fourth-order valence-corrected chi connectivity index (χ4v) is 5.67. The zero-order valence-electron chi connectivity index (χ0n) is 25.3.